The van der Waals surface area contributed by atoms with E-state index in [1.54, 1.807) is 42.0 Å². The van der Waals surface area contributed by atoms with Crippen molar-refractivity contribution in [2.75, 3.05) is 5.32 Å². The average molecular weight is 423 g/mol. The lowest BCUT2D eigenvalue weighted by Crippen LogP contribution is -2.35. The van der Waals surface area contributed by atoms with E-state index < -0.39 is 6.04 Å². The van der Waals surface area contributed by atoms with Crippen LogP contribution in [0.5, 0.6) is 0 Å². The van der Waals surface area contributed by atoms with Gasteiger partial charge in [-0.2, -0.15) is 5.10 Å². The summed E-state index contributed by atoms with van der Waals surface area (Å²) in [7, 11) is 0. The molecule has 156 valence electrons. The van der Waals surface area contributed by atoms with E-state index in [9.17, 15) is 9.59 Å². The van der Waals surface area contributed by atoms with Gasteiger partial charge in [-0.15, -0.1) is 11.3 Å². The minimum atomic E-state index is -0.891. The van der Waals surface area contributed by atoms with Crippen LogP contribution >= 0.6 is 11.3 Å². The number of thiazole rings is 1. The molecule has 4 rings (SSSR count). The maximum Gasteiger partial charge on any atom is 0.275 e. The minimum absolute atomic E-state index is 0.314. The van der Waals surface area contributed by atoms with E-state index in [0.717, 1.165) is 5.39 Å². The second-order valence-corrected chi connectivity index (χ2v) is 6.52. The molecule has 1 N–H and O–H groups in total. The molecule has 2 aromatic heterocycles. The molecule has 1 atom stereocenters. The van der Waals surface area contributed by atoms with Gasteiger partial charge in [0, 0.05) is 17.0 Å². The van der Waals surface area contributed by atoms with Gasteiger partial charge in [0.2, 0.25) is 0 Å². The van der Waals surface area contributed by atoms with Gasteiger partial charge in [-0.1, -0.05) is 76.2 Å². The van der Waals surface area contributed by atoms with Gasteiger partial charge in [0.1, 0.15) is 0 Å². The van der Waals surface area contributed by atoms with Crippen molar-refractivity contribution in [3.8, 4) is 0 Å². The zero-order chi connectivity index (χ0) is 21.9. The first-order valence-corrected chi connectivity index (χ1v) is 10.8. The second kappa shape index (κ2) is 11.6. The number of carbonyl (C=O) groups is 1. The van der Waals surface area contributed by atoms with Crippen molar-refractivity contribution in [3.05, 3.63) is 88.3 Å². The number of anilines is 1. The molecule has 2 heterocycles. The predicted molar refractivity (Wildman–Crippen MR) is 124 cm³/mol. The van der Waals surface area contributed by atoms with E-state index in [1.165, 1.54) is 16.0 Å². The molecule has 0 saturated carbocycles. The van der Waals surface area contributed by atoms with Crippen molar-refractivity contribution in [1.82, 2.24) is 14.8 Å². The number of fused-ring (bicyclic) bond motifs is 1. The maximum atomic E-state index is 13.0. The number of aromatic nitrogens is 3. The highest BCUT2D eigenvalue weighted by molar-refractivity contribution is 7.13. The highest BCUT2D eigenvalue weighted by Crippen LogP contribution is 2.20. The van der Waals surface area contributed by atoms with Crippen molar-refractivity contribution in [2.24, 2.45) is 0 Å². The Morgan fingerprint density at radius 2 is 1.67 bits per heavy atom. The average Bonchev–Trinajstić information content (AvgIpc) is 3.32. The Bertz CT molecular complexity index is 1110. The summed E-state index contributed by atoms with van der Waals surface area (Å²) >= 11 is 1.31. The topological polar surface area (TPSA) is 76.9 Å². The fourth-order valence-electron chi connectivity index (χ4n) is 2.79. The molecule has 0 radical (unpaired) electrons. The lowest BCUT2D eigenvalue weighted by atomic mass is 10.1. The number of nitrogens with one attached hydrogen (secondary N) is 1. The Kier molecular flexibility index (Phi) is 8.90. The molecule has 7 heteroatoms. The van der Waals surface area contributed by atoms with Crippen LogP contribution in [-0.2, 0) is 4.79 Å². The number of rotatable bonds is 4. The van der Waals surface area contributed by atoms with Crippen LogP contribution in [0.1, 0.15) is 39.3 Å². The first-order chi connectivity index (χ1) is 14.7. The van der Waals surface area contributed by atoms with E-state index >= 15 is 0 Å². The SMILES string of the molecule is CC.CC.O=C(Nc1nccs1)C(c1ccccc1)n1ncc2ccccc2c1=O. The first kappa shape index (κ1) is 23.0. The zero-order valence-electron chi connectivity index (χ0n) is 17.6. The monoisotopic (exact) mass is 422 g/mol. The fourth-order valence-corrected chi connectivity index (χ4v) is 3.32. The summed E-state index contributed by atoms with van der Waals surface area (Å²) in [5.41, 5.74) is 0.359. The van der Waals surface area contributed by atoms with Crippen molar-refractivity contribution in [1.29, 1.82) is 0 Å². The van der Waals surface area contributed by atoms with Crippen molar-refractivity contribution < 1.29 is 4.79 Å². The van der Waals surface area contributed by atoms with E-state index in [4.69, 9.17) is 0 Å². The van der Waals surface area contributed by atoms with Gasteiger partial charge >= 0.3 is 0 Å². The Morgan fingerprint density at radius 3 is 2.33 bits per heavy atom. The number of benzene rings is 2. The van der Waals surface area contributed by atoms with Gasteiger partial charge < -0.3 is 0 Å². The molecular weight excluding hydrogens is 396 g/mol. The summed E-state index contributed by atoms with van der Waals surface area (Å²) in [4.78, 5) is 30.0. The molecule has 0 saturated heterocycles. The van der Waals surface area contributed by atoms with Crippen LogP contribution < -0.4 is 10.9 Å². The molecule has 4 aromatic rings. The molecular formula is C23H26N4O2S. The minimum Gasteiger partial charge on any atom is -0.300 e. The van der Waals surface area contributed by atoms with Crippen molar-refractivity contribution in [2.45, 2.75) is 33.7 Å². The van der Waals surface area contributed by atoms with Crippen LogP contribution in [0.2, 0.25) is 0 Å². The van der Waals surface area contributed by atoms with Crippen LogP contribution in [0.3, 0.4) is 0 Å². The molecule has 0 spiro atoms. The molecule has 2 aromatic carbocycles. The summed E-state index contributed by atoms with van der Waals surface area (Å²) in [5.74, 6) is -0.365. The number of hydrogen-bond donors (Lipinski definition) is 1. The van der Waals surface area contributed by atoms with E-state index in [0.29, 0.717) is 16.1 Å². The van der Waals surface area contributed by atoms with E-state index in [-0.39, 0.29) is 11.5 Å². The van der Waals surface area contributed by atoms with Crippen LogP contribution in [0, 0.1) is 0 Å². The van der Waals surface area contributed by atoms with Gasteiger partial charge in [-0.25, -0.2) is 9.67 Å². The second-order valence-electron chi connectivity index (χ2n) is 5.62. The number of hydrogen-bond acceptors (Lipinski definition) is 5. The molecule has 30 heavy (non-hydrogen) atoms. The van der Waals surface area contributed by atoms with Gasteiger partial charge in [0.25, 0.3) is 11.5 Å². The van der Waals surface area contributed by atoms with Crippen molar-refractivity contribution in [3.63, 3.8) is 0 Å². The third-order valence-corrected chi connectivity index (χ3v) is 4.68. The normalized spacial score (nSPS) is 10.8. The molecule has 0 bridgehead atoms. The molecule has 6 nitrogen and oxygen atoms in total. The summed E-state index contributed by atoms with van der Waals surface area (Å²) in [6.45, 7) is 8.00. The number of nitrogens with zero attached hydrogens (tertiary/aromatic N) is 3. The highest BCUT2D eigenvalue weighted by Gasteiger charge is 2.26. The molecule has 0 aliphatic carbocycles. The van der Waals surface area contributed by atoms with Gasteiger partial charge in [0.15, 0.2) is 11.2 Å². The highest BCUT2D eigenvalue weighted by atomic mass is 32.1. The number of amides is 1. The predicted octanol–water partition coefficient (Wildman–Crippen LogP) is 5.13. The quantitative estimate of drug-likeness (QED) is 0.494. The molecule has 1 unspecified atom stereocenters. The Balaban J connectivity index is 0.000000757. The Labute approximate surface area is 180 Å². The molecule has 0 fully saturated rings. The summed E-state index contributed by atoms with van der Waals surface area (Å²) in [5, 5.41) is 10.5. The van der Waals surface area contributed by atoms with E-state index in [1.807, 2.05) is 58.0 Å². The Hall–Kier alpha value is -3.32. The Morgan fingerprint density at radius 1 is 1.00 bits per heavy atom. The van der Waals surface area contributed by atoms with Crippen LogP contribution in [0.25, 0.3) is 10.8 Å². The maximum absolute atomic E-state index is 13.0. The zero-order valence-corrected chi connectivity index (χ0v) is 18.4. The third-order valence-electron chi connectivity index (χ3n) is 3.99. The van der Waals surface area contributed by atoms with Gasteiger partial charge in [0.05, 0.1) is 11.6 Å². The molecule has 0 aliphatic heterocycles. The lowest BCUT2D eigenvalue weighted by molar-refractivity contribution is -0.118. The number of carbonyl (C=O) groups excluding carboxylic acids is 1. The fraction of sp³-hybridized carbons (Fsp3) is 0.217. The molecule has 0 aliphatic rings. The summed E-state index contributed by atoms with van der Waals surface area (Å²) in [6.07, 6.45) is 3.21. The van der Waals surface area contributed by atoms with Crippen LogP contribution in [0.4, 0.5) is 5.13 Å². The smallest absolute Gasteiger partial charge is 0.275 e. The standard InChI is InChI=1S/C19H14N4O2S.2C2H6/c24-17(22-19-20-10-11-26-19)16(13-6-2-1-3-7-13)23-18(25)15-9-5-4-8-14(15)12-21-23;2*1-2/h1-12,16H,(H,20,22,24);2*1-2H3. The lowest BCUT2D eigenvalue weighted by Gasteiger charge is -2.18. The van der Waals surface area contributed by atoms with Crippen LogP contribution in [-0.4, -0.2) is 20.7 Å². The summed E-state index contributed by atoms with van der Waals surface area (Å²) < 4.78 is 1.22. The third kappa shape index (κ3) is 5.18. The van der Waals surface area contributed by atoms with Gasteiger partial charge in [-0.3, -0.25) is 14.9 Å². The van der Waals surface area contributed by atoms with E-state index in [2.05, 4.69) is 15.4 Å². The van der Waals surface area contributed by atoms with Crippen molar-refractivity contribution >= 4 is 33.1 Å². The molecule has 1 amide bonds. The van der Waals surface area contributed by atoms with Crippen LogP contribution in [0.15, 0.2) is 77.2 Å². The largest absolute Gasteiger partial charge is 0.300 e. The van der Waals surface area contributed by atoms with Gasteiger partial charge in [-0.05, 0) is 11.6 Å². The first-order valence-electron chi connectivity index (χ1n) is 9.96. The summed E-state index contributed by atoms with van der Waals surface area (Å²) in [6, 6.07) is 15.4.